The van der Waals surface area contributed by atoms with Crippen molar-refractivity contribution in [2.24, 2.45) is 0 Å². The van der Waals surface area contributed by atoms with Crippen molar-refractivity contribution >= 4 is 23.2 Å². The second kappa shape index (κ2) is 7.26. The maximum atomic E-state index is 11.9. The molecule has 2 rings (SSSR count). The molecule has 5 nitrogen and oxygen atoms in total. The summed E-state index contributed by atoms with van der Waals surface area (Å²) in [5, 5.41) is 5.10. The van der Waals surface area contributed by atoms with Gasteiger partial charge in [-0.1, -0.05) is 12.1 Å². The predicted octanol–water partition coefficient (Wildman–Crippen LogP) is 2.97. The molecule has 2 N–H and O–H groups in total. The number of carbonyl (C=O) groups is 2. The summed E-state index contributed by atoms with van der Waals surface area (Å²) in [6.45, 7) is 4.38. The lowest BCUT2D eigenvalue weighted by atomic mass is 10.2. The summed E-state index contributed by atoms with van der Waals surface area (Å²) in [6.07, 6.45) is 0. The summed E-state index contributed by atoms with van der Waals surface area (Å²) in [5.74, 6) is -0.713. The molecule has 2 aromatic rings. The van der Waals surface area contributed by atoms with Gasteiger partial charge >= 0.3 is 11.8 Å². The lowest BCUT2D eigenvalue weighted by Crippen LogP contribution is -2.29. The summed E-state index contributed by atoms with van der Waals surface area (Å²) in [4.78, 5) is 23.7. The average Bonchev–Trinajstić information content (AvgIpc) is 2.49. The number of hydrogen-bond acceptors (Lipinski definition) is 3. The van der Waals surface area contributed by atoms with Crippen molar-refractivity contribution in [1.29, 1.82) is 0 Å². The summed E-state index contributed by atoms with van der Waals surface area (Å²) in [7, 11) is 0. The van der Waals surface area contributed by atoms with Crippen LogP contribution < -0.4 is 15.4 Å². The van der Waals surface area contributed by atoms with Gasteiger partial charge in [0.25, 0.3) is 0 Å². The molecule has 0 aromatic heterocycles. The van der Waals surface area contributed by atoms with E-state index >= 15 is 0 Å². The Bertz CT molecular complexity index is 666. The molecular formula is C17H18N2O3. The molecule has 0 bridgehead atoms. The van der Waals surface area contributed by atoms with Crippen LogP contribution in [0.1, 0.15) is 12.5 Å². The number of nitrogens with one attached hydrogen (secondary N) is 2. The fourth-order valence-corrected chi connectivity index (χ4v) is 1.90. The topological polar surface area (TPSA) is 67.4 Å². The van der Waals surface area contributed by atoms with E-state index in [-0.39, 0.29) is 0 Å². The van der Waals surface area contributed by atoms with Gasteiger partial charge in [0.05, 0.1) is 6.61 Å². The highest BCUT2D eigenvalue weighted by Gasteiger charge is 2.14. The van der Waals surface area contributed by atoms with Crippen LogP contribution in [-0.4, -0.2) is 18.4 Å². The van der Waals surface area contributed by atoms with E-state index in [0.717, 1.165) is 5.56 Å². The molecule has 5 heteroatoms. The summed E-state index contributed by atoms with van der Waals surface area (Å²) < 4.78 is 5.31. The summed E-state index contributed by atoms with van der Waals surface area (Å²) in [5.41, 5.74) is 2.13. The number of anilines is 2. The normalized spacial score (nSPS) is 9.91. The molecule has 0 radical (unpaired) electrons. The van der Waals surface area contributed by atoms with E-state index in [1.165, 1.54) is 0 Å². The fraction of sp³-hybridized carbons (Fsp3) is 0.176. The van der Waals surface area contributed by atoms with Gasteiger partial charge in [-0.05, 0) is 55.8 Å². The molecule has 0 aliphatic heterocycles. The zero-order valence-corrected chi connectivity index (χ0v) is 12.6. The van der Waals surface area contributed by atoms with Gasteiger partial charge in [-0.2, -0.15) is 0 Å². The first-order valence-corrected chi connectivity index (χ1v) is 7.00. The van der Waals surface area contributed by atoms with E-state index in [9.17, 15) is 9.59 Å². The first-order chi connectivity index (χ1) is 10.6. The van der Waals surface area contributed by atoms with Crippen LogP contribution in [0.4, 0.5) is 11.4 Å². The Balaban J connectivity index is 1.95. The Hall–Kier alpha value is -2.82. The fourth-order valence-electron chi connectivity index (χ4n) is 1.90. The van der Waals surface area contributed by atoms with E-state index in [0.29, 0.717) is 23.7 Å². The van der Waals surface area contributed by atoms with E-state index in [1.54, 1.807) is 36.4 Å². The molecule has 0 unspecified atom stereocenters. The Kier molecular flexibility index (Phi) is 5.14. The standard InChI is InChI=1S/C17H18N2O3/c1-3-22-15-9-7-13(8-10-15)18-16(20)17(21)19-14-6-4-5-12(2)11-14/h4-11H,3H2,1-2H3,(H,18,20)(H,19,21). The molecule has 0 saturated carbocycles. The van der Waals surface area contributed by atoms with Crippen molar-refractivity contribution in [3.05, 3.63) is 54.1 Å². The molecule has 0 spiro atoms. The van der Waals surface area contributed by atoms with Gasteiger partial charge in [0.1, 0.15) is 5.75 Å². The molecule has 22 heavy (non-hydrogen) atoms. The minimum absolute atomic E-state index is 0.535. The molecule has 0 fully saturated rings. The Morgan fingerprint density at radius 2 is 1.59 bits per heavy atom. The van der Waals surface area contributed by atoms with Crippen LogP contribution in [0, 0.1) is 6.92 Å². The van der Waals surface area contributed by atoms with Crippen molar-refractivity contribution in [2.45, 2.75) is 13.8 Å². The van der Waals surface area contributed by atoms with Crippen molar-refractivity contribution in [2.75, 3.05) is 17.2 Å². The smallest absolute Gasteiger partial charge is 0.314 e. The van der Waals surface area contributed by atoms with Crippen molar-refractivity contribution < 1.29 is 14.3 Å². The Morgan fingerprint density at radius 3 is 2.18 bits per heavy atom. The highest BCUT2D eigenvalue weighted by atomic mass is 16.5. The highest BCUT2D eigenvalue weighted by molar-refractivity contribution is 6.43. The number of hydrogen-bond donors (Lipinski definition) is 2. The first-order valence-electron chi connectivity index (χ1n) is 7.00. The van der Waals surface area contributed by atoms with Gasteiger partial charge in [0, 0.05) is 11.4 Å². The van der Waals surface area contributed by atoms with Crippen molar-refractivity contribution in [3.63, 3.8) is 0 Å². The predicted molar refractivity (Wildman–Crippen MR) is 86.0 cm³/mol. The van der Waals surface area contributed by atoms with E-state index in [1.807, 2.05) is 26.0 Å². The van der Waals surface area contributed by atoms with Crippen LogP contribution in [0.3, 0.4) is 0 Å². The highest BCUT2D eigenvalue weighted by Crippen LogP contribution is 2.16. The van der Waals surface area contributed by atoms with Crippen LogP contribution in [0.25, 0.3) is 0 Å². The maximum absolute atomic E-state index is 11.9. The maximum Gasteiger partial charge on any atom is 0.314 e. The van der Waals surface area contributed by atoms with Gasteiger partial charge in [-0.25, -0.2) is 0 Å². The summed E-state index contributed by atoms with van der Waals surface area (Å²) in [6, 6.07) is 14.1. The van der Waals surface area contributed by atoms with Crippen LogP contribution in [0.5, 0.6) is 5.75 Å². The first kappa shape index (κ1) is 15.6. The molecule has 0 aliphatic carbocycles. The van der Waals surface area contributed by atoms with E-state index in [2.05, 4.69) is 10.6 Å². The molecule has 2 amide bonds. The van der Waals surface area contributed by atoms with Gasteiger partial charge in [0.15, 0.2) is 0 Å². The number of ether oxygens (including phenoxy) is 1. The third kappa shape index (κ3) is 4.34. The largest absolute Gasteiger partial charge is 0.494 e. The van der Waals surface area contributed by atoms with Gasteiger partial charge < -0.3 is 15.4 Å². The van der Waals surface area contributed by atoms with E-state index in [4.69, 9.17) is 4.74 Å². The number of rotatable bonds is 4. The number of aryl methyl sites for hydroxylation is 1. The molecule has 0 aliphatic rings. The Morgan fingerprint density at radius 1 is 0.955 bits per heavy atom. The average molecular weight is 298 g/mol. The van der Waals surface area contributed by atoms with Gasteiger partial charge in [0.2, 0.25) is 0 Å². The molecule has 2 aromatic carbocycles. The van der Waals surface area contributed by atoms with Crippen LogP contribution in [-0.2, 0) is 9.59 Å². The molecule has 0 heterocycles. The van der Waals surface area contributed by atoms with Crippen molar-refractivity contribution in [1.82, 2.24) is 0 Å². The van der Waals surface area contributed by atoms with Crippen LogP contribution >= 0.6 is 0 Å². The zero-order valence-electron chi connectivity index (χ0n) is 12.6. The number of benzene rings is 2. The minimum atomic E-state index is -0.717. The molecule has 0 saturated heterocycles. The molecular weight excluding hydrogens is 280 g/mol. The quantitative estimate of drug-likeness (QED) is 0.853. The summed E-state index contributed by atoms with van der Waals surface area (Å²) >= 11 is 0. The third-order valence-corrected chi connectivity index (χ3v) is 2.91. The molecule has 0 atom stereocenters. The second-order valence-corrected chi connectivity index (χ2v) is 4.74. The van der Waals surface area contributed by atoms with Crippen LogP contribution in [0.2, 0.25) is 0 Å². The van der Waals surface area contributed by atoms with Gasteiger partial charge in [-0.3, -0.25) is 9.59 Å². The zero-order chi connectivity index (χ0) is 15.9. The lowest BCUT2D eigenvalue weighted by Gasteiger charge is -2.08. The number of amides is 2. The second-order valence-electron chi connectivity index (χ2n) is 4.74. The van der Waals surface area contributed by atoms with Crippen LogP contribution in [0.15, 0.2) is 48.5 Å². The SMILES string of the molecule is CCOc1ccc(NC(=O)C(=O)Nc2cccc(C)c2)cc1. The number of carbonyl (C=O) groups excluding carboxylic acids is 2. The monoisotopic (exact) mass is 298 g/mol. The third-order valence-electron chi connectivity index (χ3n) is 2.91. The lowest BCUT2D eigenvalue weighted by molar-refractivity contribution is -0.132. The molecule has 114 valence electrons. The minimum Gasteiger partial charge on any atom is -0.494 e. The Labute approximate surface area is 129 Å². The van der Waals surface area contributed by atoms with Crippen molar-refractivity contribution in [3.8, 4) is 5.75 Å². The van der Waals surface area contributed by atoms with Gasteiger partial charge in [-0.15, -0.1) is 0 Å². The van der Waals surface area contributed by atoms with E-state index < -0.39 is 11.8 Å².